The van der Waals surface area contributed by atoms with Gasteiger partial charge >= 0.3 is 6.61 Å². The van der Waals surface area contributed by atoms with Crippen LogP contribution in [0, 0.1) is 0 Å². The maximum Gasteiger partial charge on any atom is 0.387 e. The van der Waals surface area contributed by atoms with E-state index in [1.54, 1.807) is 35.3 Å². The Hall–Kier alpha value is -3.03. The lowest BCUT2D eigenvalue weighted by Crippen LogP contribution is -2.35. The minimum atomic E-state index is -2.86. The van der Waals surface area contributed by atoms with Crippen LogP contribution in [0.4, 0.5) is 8.78 Å². The second-order valence-corrected chi connectivity index (χ2v) is 6.41. The van der Waals surface area contributed by atoms with Crippen molar-refractivity contribution in [2.45, 2.75) is 33.3 Å². The Morgan fingerprint density at radius 2 is 1.79 bits per heavy atom. The van der Waals surface area contributed by atoms with Crippen LogP contribution < -0.4 is 4.74 Å². The number of hydrogen-bond acceptors (Lipinski definition) is 4. The average Bonchev–Trinajstić information content (AvgIpc) is 3.11. The molecule has 0 saturated carbocycles. The number of carbonyl (C=O) groups excluding carboxylic acids is 1. The van der Waals surface area contributed by atoms with E-state index in [0.717, 1.165) is 32.4 Å². The van der Waals surface area contributed by atoms with Gasteiger partial charge in [-0.15, -0.1) is 0 Å². The zero-order chi connectivity index (χ0) is 18.8. The van der Waals surface area contributed by atoms with Gasteiger partial charge in [-0.05, 0) is 49.6 Å². The molecule has 1 aliphatic rings. The van der Waals surface area contributed by atoms with Gasteiger partial charge in [0, 0.05) is 25.0 Å². The molecule has 0 radical (unpaired) electrons. The van der Waals surface area contributed by atoms with E-state index in [0.29, 0.717) is 22.4 Å². The van der Waals surface area contributed by atoms with Gasteiger partial charge in [0.2, 0.25) is 0 Å². The van der Waals surface area contributed by atoms with Gasteiger partial charge in [0.25, 0.3) is 5.91 Å². The summed E-state index contributed by atoms with van der Waals surface area (Å²) in [6, 6.07) is 7.95. The third kappa shape index (κ3) is 3.95. The average molecular weight is 388 g/mol. The summed E-state index contributed by atoms with van der Waals surface area (Å²) in [5.74, 6) is 0.0627. The number of imidazole rings is 1. The number of fused-ring (bicyclic) bond motifs is 1. The van der Waals surface area contributed by atoms with Gasteiger partial charge in [-0.2, -0.15) is 8.78 Å². The quantitative estimate of drug-likeness (QED) is 0.669. The van der Waals surface area contributed by atoms with Crippen LogP contribution in [0.5, 0.6) is 5.75 Å². The Morgan fingerprint density at radius 1 is 1.07 bits per heavy atom. The van der Waals surface area contributed by atoms with Crippen molar-refractivity contribution in [3.8, 4) is 11.4 Å². The number of nitrogens with zero attached hydrogens (tertiary/aromatic N) is 4. The van der Waals surface area contributed by atoms with Crippen LogP contribution in [-0.4, -0.2) is 45.0 Å². The first-order chi connectivity index (χ1) is 13.1. The van der Waals surface area contributed by atoms with Crippen LogP contribution in [-0.2, 0) is 0 Å². The van der Waals surface area contributed by atoms with Gasteiger partial charge < -0.3 is 9.64 Å². The van der Waals surface area contributed by atoms with Crippen LogP contribution in [0.15, 0.2) is 42.9 Å². The first kappa shape index (κ1) is 19.7. The number of aromatic nitrogens is 3. The van der Waals surface area contributed by atoms with E-state index in [4.69, 9.17) is 0 Å². The predicted octanol–water partition coefficient (Wildman–Crippen LogP) is 4.28. The summed E-state index contributed by atoms with van der Waals surface area (Å²) in [6.45, 7) is -1.31. The van der Waals surface area contributed by atoms with Gasteiger partial charge in [0.1, 0.15) is 17.6 Å². The standard InChI is InChI=1S/C19H18F2N4O2.CH4/c20-19(21)27-15-6-4-14(5-7-15)25-12-23-16-10-13(11-22-17(16)25)18(26)24-8-2-1-3-9-24;/h4-7,10-12,19H,1-3,8-9H2;1H4. The number of ether oxygens (including phenoxy) is 1. The van der Waals surface area contributed by atoms with Crippen molar-refractivity contribution in [2.24, 2.45) is 0 Å². The van der Waals surface area contributed by atoms with Gasteiger partial charge in [0.05, 0.1) is 5.56 Å². The van der Waals surface area contributed by atoms with Crippen molar-refractivity contribution in [1.82, 2.24) is 19.4 Å². The fraction of sp³-hybridized carbons (Fsp3) is 0.350. The number of rotatable bonds is 4. The number of benzene rings is 1. The molecule has 0 bridgehead atoms. The molecule has 8 heteroatoms. The molecule has 6 nitrogen and oxygen atoms in total. The monoisotopic (exact) mass is 388 g/mol. The molecule has 0 aliphatic carbocycles. The molecule has 148 valence electrons. The summed E-state index contributed by atoms with van der Waals surface area (Å²) < 4.78 is 30.6. The number of halogens is 2. The summed E-state index contributed by atoms with van der Waals surface area (Å²) >= 11 is 0. The van der Waals surface area contributed by atoms with Crippen molar-refractivity contribution in [3.63, 3.8) is 0 Å². The first-order valence-corrected chi connectivity index (χ1v) is 8.79. The third-order valence-corrected chi connectivity index (χ3v) is 4.62. The number of pyridine rings is 1. The van der Waals surface area contributed by atoms with Crippen LogP contribution in [0.3, 0.4) is 0 Å². The van der Waals surface area contributed by atoms with E-state index in [1.165, 1.54) is 12.1 Å². The number of hydrogen-bond donors (Lipinski definition) is 0. The van der Waals surface area contributed by atoms with Crippen molar-refractivity contribution in [3.05, 3.63) is 48.4 Å². The molecule has 3 heterocycles. The molecule has 1 fully saturated rings. The molecule has 1 saturated heterocycles. The van der Waals surface area contributed by atoms with Crippen LogP contribution in [0.2, 0.25) is 0 Å². The lowest BCUT2D eigenvalue weighted by molar-refractivity contribution is -0.0498. The molecule has 0 N–H and O–H groups in total. The second-order valence-electron chi connectivity index (χ2n) is 6.41. The highest BCUT2D eigenvalue weighted by Gasteiger charge is 2.19. The van der Waals surface area contributed by atoms with E-state index < -0.39 is 6.61 Å². The summed E-state index contributed by atoms with van der Waals surface area (Å²) in [7, 11) is 0. The lowest BCUT2D eigenvalue weighted by atomic mass is 10.1. The fourth-order valence-electron chi connectivity index (χ4n) is 3.27. The van der Waals surface area contributed by atoms with Gasteiger partial charge in [0.15, 0.2) is 5.65 Å². The highest BCUT2D eigenvalue weighted by molar-refractivity contribution is 5.96. The number of likely N-dealkylation sites (tertiary alicyclic amines) is 1. The lowest BCUT2D eigenvalue weighted by Gasteiger charge is -2.26. The molecular weight excluding hydrogens is 366 g/mol. The summed E-state index contributed by atoms with van der Waals surface area (Å²) in [5.41, 5.74) is 2.43. The molecule has 0 atom stereocenters. The molecule has 1 aromatic carbocycles. The minimum absolute atomic E-state index is 0. The highest BCUT2D eigenvalue weighted by atomic mass is 19.3. The Morgan fingerprint density at radius 3 is 2.46 bits per heavy atom. The fourth-order valence-corrected chi connectivity index (χ4v) is 3.27. The van der Waals surface area contributed by atoms with Crippen molar-refractivity contribution in [2.75, 3.05) is 13.1 Å². The SMILES string of the molecule is C.O=C(c1cnc2c(c1)ncn2-c1ccc(OC(F)F)cc1)N1CCCCC1. The zero-order valence-electron chi connectivity index (χ0n) is 14.5. The normalized spacial score (nSPS) is 14.2. The van der Waals surface area contributed by atoms with E-state index in [1.807, 2.05) is 4.90 Å². The number of amides is 1. The van der Waals surface area contributed by atoms with Gasteiger partial charge in [-0.1, -0.05) is 7.43 Å². The maximum absolute atomic E-state index is 12.6. The van der Waals surface area contributed by atoms with Crippen LogP contribution in [0.25, 0.3) is 16.9 Å². The maximum atomic E-state index is 12.6. The minimum Gasteiger partial charge on any atom is -0.435 e. The summed E-state index contributed by atoms with van der Waals surface area (Å²) in [5, 5.41) is 0. The first-order valence-electron chi connectivity index (χ1n) is 8.79. The van der Waals surface area contributed by atoms with E-state index in [-0.39, 0.29) is 19.1 Å². The van der Waals surface area contributed by atoms with Crippen molar-refractivity contribution >= 4 is 17.1 Å². The second kappa shape index (κ2) is 8.33. The molecular formula is C20H22F2N4O2. The van der Waals surface area contributed by atoms with E-state index >= 15 is 0 Å². The molecule has 2 aromatic heterocycles. The third-order valence-electron chi connectivity index (χ3n) is 4.62. The molecule has 0 spiro atoms. The molecule has 4 rings (SSSR count). The zero-order valence-corrected chi connectivity index (χ0v) is 14.5. The number of alkyl halides is 2. The number of carbonyl (C=O) groups is 1. The number of piperidine rings is 1. The van der Waals surface area contributed by atoms with Crippen molar-refractivity contribution in [1.29, 1.82) is 0 Å². The molecule has 28 heavy (non-hydrogen) atoms. The summed E-state index contributed by atoms with van der Waals surface area (Å²) in [6.07, 6.45) is 6.37. The molecule has 1 amide bonds. The Labute approximate surface area is 161 Å². The summed E-state index contributed by atoms with van der Waals surface area (Å²) in [4.78, 5) is 23.2. The Kier molecular flexibility index (Phi) is 5.87. The van der Waals surface area contributed by atoms with Gasteiger partial charge in [-0.3, -0.25) is 9.36 Å². The Balaban J connectivity index is 0.00000225. The van der Waals surface area contributed by atoms with Crippen LogP contribution >= 0.6 is 0 Å². The van der Waals surface area contributed by atoms with Gasteiger partial charge in [-0.25, -0.2) is 9.97 Å². The molecule has 3 aromatic rings. The molecule has 0 unspecified atom stereocenters. The van der Waals surface area contributed by atoms with Crippen LogP contribution in [0.1, 0.15) is 37.0 Å². The predicted molar refractivity (Wildman–Crippen MR) is 102 cm³/mol. The molecule has 1 aliphatic heterocycles. The van der Waals surface area contributed by atoms with E-state index in [9.17, 15) is 13.6 Å². The smallest absolute Gasteiger partial charge is 0.387 e. The largest absolute Gasteiger partial charge is 0.435 e. The van der Waals surface area contributed by atoms with E-state index in [2.05, 4.69) is 14.7 Å². The Bertz CT molecular complexity index is 950. The highest BCUT2D eigenvalue weighted by Crippen LogP contribution is 2.22. The topological polar surface area (TPSA) is 60.3 Å². The van der Waals surface area contributed by atoms with Crippen molar-refractivity contribution < 1.29 is 18.3 Å².